The van der Waals surface area contributed by atoms with Gasteiger partial charge in [0.2, 0.25) is 0 Å². The van der Waals surface area contributed by atoms with E-state index in [2.05, 4.69) is 20.9 Å². The zero-order valence-electron chi connectivity index (χ0n) is 8.89. The summed E-state index contributed by atoms with van der Waals surface area (Å²) < 4.78 is 1.01. The number of aryl methyl sites for hydroxylation is 1. The molecule has 0 saturated heterocycles. The second-order valence-electron chi connectivity index (χ2n) is 3.55. The summed E-state index contributed by atoms with van der Waals surface area (Å²) >= 11 is 4.95. The molecular formula is C12H10BrNO2S. The van der Waals surface area contributed by atoms with Crippen LogP contribution in [0.1, 0.15) is 12.1 Å². The molecule has 5 heteroatoms. The lowest BCUT2D eigenvalue weighted by Gasteiger charge is -1.96. The van der Waals surface area contributed by atoms with Crippen LogP contribution in [0.2, 0.25) is 0 Å². The van der Waals surface area contributed by atoms with Gasteiger partial charge in [0.05, 0.1) is 12.1 Å². The summed E-state index contributed by atoms with van der Waals surface area (Å²) in [7, 11) is 0. The highest BCUT2D eigenvalue weighted by molar-refractivity contribution is 9.10. The Morgan fingerprint density at radius 3 is 3.00 bits per heavy atom. The summed E-state index contributed by atoms with van der Waals surface area (Å²) in [5.41, 5.74) is 1.89. The second kappa shape index (κ2) is 5.42. The molecule has 1 aromatic carbocycles. The molecule has 0 bridgehead atoms. The van der Waals surface area contributed by atoms with Crippen LogP contribution in [0.4, 0.5) is 0 Å². The molecule has 0 atom stereocenters. The Hall–Kier alpha value is -1.20. The van der Waals surface area contributed by atoms with Gasteiger partial charge < -0.3 is 5.11 Å². The molecule has 0 aliphatic rings. The molecular weight excluding hydrogens is 302 g/mol. The molecule has 1 heterocycles. The van der Waals surface area contributed by atoms with Crippen molar-refractivity contribution in [1.29, 1.82) is 0 Å². The van der Waals surface area contributed by atoms with E-state index < -0.39 is 5.97 Å². The standard InChI is InChI=1S/C12H10BrNO2S/c13-9-3-1-2-8(6-9)12-14-10(7-17-12)4-5-11(15)16/h1-3,6-7H,4-5H2,(H,15,16). The number of hydrogen-bond acceptors (Lipinski definition) is 3. The quantitative estimate of drug-likeness (QED) is 0.938. The van der Waals surface area contributed by atoms with Crippen molar-refractivity contribution in [2.75, 3.05) is 0 Å². The summed E-state index contributed by atoms with van der Waals surface area (Å²) in [6.07, 6.45) is 0.613. The maximum atomic E-state index is 10.5. The van der Waals surface area contributed by atoms with Crippen molar-refractivity contribution in [1.82, 2.24) is 4.98 Å². The zero-order valence-corrected chi connectivity index (χ0v) is 11.3. The summed E-state index contributed by atoms with van der Waals surface area (Å²) in [4.78, 5) is 14.9. The molecule has 0 aliphatic carbocycles. The minimum atomic E-state index is -0.790. The molecule has 2 aromatic rings. The number of carbonyl (C=O) groups is 1. The van der Waals surface area contributed by atoms with Crippen molar-refractivity contribution in [3.05, 3.63) is 39.8 Å². The van der Waals surface area contributed by atoms with Crippen molar-refractivity contribution in [2.45, 2.75) is 12.8 Å². The van der Waals surface area contributed by atoms with Crippen molar-refractivity contribution in [2.24, 2.45) is 0 Å². The van der Waals surface area contributed by atoms with E-state index in [0.717, 1.165) is 20.7 Å². The predicted molar refractivity (Wildman–Crippen MR) is 71.2 cm³/mol. The molecule has 88 valence electrons. The van der Waals surface area contributed by atoms with E-state index in [1.165, 1.54) is 11.3 Å². The maximum Gasteiger partial charge on any atom is 0.303 e. The molecule has 1 N–H and O–H groups in total. The van der Waals surface area contributed by atoms with Gasteiger partial charge in [0, 0.05) is 21.8 Å². The Morgan fingerprint density at radius 1 is 1.47 bits per heavy atom. The van der Waals surface area contributed by atoms with Gasteiger partial charge in [0.1, 0.15) is 5.01 Å². The summed E-state index contributed by atoms with van der Waals surface area (Å²) in [6.45, 7) is 0. The van der Waals surface area contributed by atoms with Crippen LogP contribution < -0.4 is 0 Å². The van der Waals surface area contributed by atoms with Crippen LogP contribution in [-0.4, -0.2) is 16.1 Å². The van der Waals surface area contributed by atoms with E-state index in [-0.39, 0.29) is 6.42 Å². The normalized spacial score (nSPS) is 10.4. The third-order valence-corrected chi connectivity index (χ3v) is 3.65. The molecule has 3 nitrogen and oxygen atoms in total. The van der Waals surface area contributed by atoms with Gasteiger partial charge in [-0.25, -0.2) is 4.98 Å². The molecule has 17 heavy (non-hydrogen) atoms. The van der Waals surface area contributed by atoms with Gasteiger partial charge in [-0.05, 0) is 12.1 Å². The molecule has 0 fully saturated rings. The topological polar surface area (TPSA) is 50.2 Å². The first-order valence-corrected chi connectivity index (χ1v) is 6.74. The van der Waals surface area contributed by atoms with Crippen LogP contribution in [-0.2, 0) is 11.2 Å². The molecule has 0 aliphatic heterocycles. The average Bonchev–Trinajstić information content (AvgIpc) is 2.75. The Morgan fingerprint density at radius 2 is 2.29 bits per heavy atom. The molecule has 0 unspecified atom stereocenters. The van der Waals surface area contributed by atoms with Crippen LogP contribution in [0, 0.1) is 0 Å². The minimum absolute atomic E-state index is 0.127. The predicted octanol–water partition coefficient (Wildman–Crippen LogP) is 3.59. The third kappa shape index (κ3) is 3.38. The molecule has 0 amide bonds. The Bertz CT molecular complexity index is 539. The van der Waals surface area contributed by atoms with E-state index >= 15 is 0 Å². The Labute approximate surface area is 111 Å². The molecule has 0 spiro atoms. The fourth-order valence-corrected chi connectivity index (χ4v) is 2.66. The van der Waals surface area contributed by atoms with Crippen molar-refractivity contribution >= 4 is 33.2 Å². The first-order valence-electron chi connectivity index (χ1n) is 5.07. The van der Waals surface area contributed by atoms with Crippen molar-refractivity contribution in [3.63, 3.8) is 0 Å². The minimum Gasteiger partial charge on any atom is -0.481 e. The third-order valence-electron chi connectivity index (χ3n) is 2.22. The Balaban J connectivity index is 2.15. The summed E-state index contributed by atoms with van der Waals surface area (Å²) in [5.74, 6) is -0.790. The molecule has 1 aromatic heterocycles. The first-order chi connectivity index (χ1) is 8.15. The van der Waals surface area contributed by atoms with Gasteiger partial charge >= 0.3 is 5.97 Å². The smallest absolute Gasteiger partial charge is 0.303 e. The number of carboxylic acid groups (broad SMARTS) is 1. The highest BCUT2D eigenvalue weighted by Crippen LogP contribution is 2.26. The number of rotatable bonds is 4. The van der Waals surface area contributed by atoms with Crippen molar-refractivity contribution in [3.8, 4) is 10.6 Å². The summed E-state index contributed by atoms with van der Waals surface area (Å²) in [6, 6.07) is 7.91. The van der Waals surface area contributed by atoms with Gasteiger partial charge in [-0.3, -0.25) is 4.79 Å². The number of aliphatic carboxylic acids is 1. The molecule has 2 rings (SSSR count). The lowest BCUT2D eigenvalue weighted by molar-refractivity contribution is -0.136. The second-order valence-corrected chi connectivity index (χ2v) is 5.32. The van der Waals surface area contributed by atoms with E-state index in [1.807, 2.05) is 29.6 Å². The van der Waals surface area contributed by atoms with E-state index in [9.17, 15) is 4.79 Å². The van der Waals surface area contributed by atoms with Crippen LogP contribution in [0.15, 0.2) is 34.1 Å². The van der Waals surface area contributed by atoms with Gasteiger partial charge in [-0.1, -0.05) is 28.1 Å². The van der Waals surface area contributed by atoms with Crippen LogP contribution >= 0.6 is 27.3 Å². The van der Waals surface area contributed by atoms with Gasteiger partial charge in [-0.15, -0.1) is 11.3 Å². The highest BCUT2D eigenvalue weighted by Gasteiger charge is 2.06. The number of benzene rings is 1. The largest absolute Gasteiger partial charge is 0.481 e. The van der Waals surface area contributed by atoms with Gasteiger partial charge in [0.15, 0.2) is 0 Å². The SMILES string of the molecule is O=C(O)CCc1csc(-c2cccc(Br)c2)n1. The van der Waals surface area contributed by atoms with E-state index in [4.69, 9.17) is 5.11 Å². The van der Waals surface area contributed by atoms with Gasteiger partial charge in [0.25, 0.3) is 0 Å². The number of hydrogen-bond donors (Lipinski definition) is 1. The number of aromatic nitrogens is 1. The fraction of sp³-hybridized carbons (Fsp3) is 0.167. The van der Waals surface area contributed by atoms with Crippen molar-refractivity contribution < 1.29 is 9.90 Å². The highest BCUT2D eigenvalue weighted by atomic mass is 79.9. The van der Waals surface area contributed by atoms with Crippen LogP contribution in [0.25, 0.3) is 10.6 Å². The zero-order chi connectivity index (χ0) is 12.3. The Kier molecular flexibility index (Phi) is 3.91. The number of halogens is 1. The average molecular weight is 312 g/mol. The lowest BCUT2D eigenvalue weighted by Crippen LogP contribution is -1.97. The van der Waals surface area contributed by atoms with Crippen LogP contribution in [0.3, 0.4) is 0 Å². The molecule has 0 radical (unpaired) electrons. The number of nitrogens with zero attached hydrogens (tertiary/aromatic N) is 1. The monoisotopic (exact) mass is 311 g/mol. The van der Waals surface area contributed by atoms with E-state index in [1.54, 1.807) is 0 Å². The first kappa shape index (κ1) is 12.3. The van der Waals surface area contributed by atoms with Crippen LogP contribution in [0.5, 0.6) is 0 Å². The molecule has 0 saturated carbocycles. The maximum absolute atomic E-state index is 10.5. The summed E-state index contributed by atoms with van der Waals surface area (Å²) in [5, 5.41) is 11.4. The fourth-order valence-electron chi connectivity index (χ4n) is 1.41. The number of thiazole rings is 1. The van der Waals surface area contributed by atoms with Gasteiger partial charge in [-0.2, -0.15) is 0 Å². The lowest BCUT2D eigenvalue weighted by atomic mass is 10.2. The van der Waals surface area contributed by atoms with E-state index in [0.29, 0.717) is 6.42 Å². The number of carboxylic acids is 1.